The number of carbonyl (C=O) groups excluding carboxylic acids is 1. The molecule has 1 aliphatic rings. The second-order valence-electron chi connectivity index (χ2n) is 5.95. The SMILES string of the molecule is COc1ccc(S(=O)(=O)N2CCCC2C(=O)Nc2cccc(Cl)c2)cc1. The van der Waals surface area contributed by atoms with Gasteiger partial charge in [0.15, 0.2) is 0 Å². The summed E-state index contributed by atoms with van der Waals surface area (Å²) in [4.78, 5) is 12.8. The molecule has 0 aromatic heterocycles. The molecule has 1 saturated heterocycles. The molecule has 138 valence electrons. The number of halogens is 1. The molecule has 26 heavy (non-hydrogen) atoms. The Kier molecular flexibility index (Phi) is 5.50. The molecule has 8 heteroatoms. The summed E-state index contributed by atoms with van der Waals surface area (Å²) in [6.45, 7) is 0.308. The maximum atomic E-state index is 12.9. The van der Waals surface area contributed by atoms with Gasteiger partial charge in [0.25, 0.3) is 0 Å². The molecule has 0 radical (unpaired) electrons. The molecule has 2 aromatic carbocycles. The summed E-state index contributed by atoms with van der Waals surface area (Å²) < 4.78 is 32.2. The van der Waals surface area contributed by atoms with Gasteiger partial charge in [0.2, 0.25) is 15.9 Å². The third-order valence-electron chi connectivity index (χ3n) is 4.26. The molecule has 1 amide bonds. The van der Waals surface area contributed by atoms with Gasteiger partial charge in [-0.3, -0.25) is 4.79 Å². The van der Waals surface area contributed by atoms with Gasteiger partial charge >= 0.3 is 0 Å². The zero-order valence-electron chi connectivity index (χ0n) is 14.2. The second kappa shape index (κ2) is 7.65. The van der Waals surface area contributed by atoms with Crippen LogP contribution in [0.15, 0.2) is 53.4 Å². The van der Waals surface area contributed by atoms with Crippen LogP contribution in [0.3, 0.4) is 0 Å². The van der Waals surface area contributed by atoms with Crippen LogP contribution in [0, 0.1) is 0 Å². The number of carbonyl (C=O) groups is 1. The predicted octanol–water partition coefficient (Wildman–Crippen LogP) is 3.14. The van der Waals surface area contributed by atoms with Crippen molar-refractivity contribution >= 4 is 33.2 Å². The first-order valence-corrected chi connectivity index (χ1v) is 9.96. The summed E-state index contributed by atoms with van der Waals surface area (Å²) in [6.07, 6.45) is 1.10. The van der Waals surface area contributed by atoms with Crippen molar-refractivity contribution < 1.29 is 17.9 Å². The number of hydrogen-bond donors (Lipinski definition) is 1. The molecule has 1 aliphatic heterocycles. The maximum Gasteiger partial charge on any atom is 0.243 e. The zero-order valence-corrected chi connectivity index (χ0v) is 15.8. The highest BCUT2D eigenvalue weighted by atomic mass is 35.5. The van der Waals surface area contributed by atoms with E-state index in [1.807, 2.05) is 0 Å². The van der Waals surface area contributed by atoms with Gasteiger partial charge in [-0.2, -0.15) is 4.31 Å². The molecule has 0 spiro atoms. The highest BCUT2D eigenvalue weighted by Gasteiger charge is 2.39. The van der Waals surface area contributed by atoms with Crippen molar-refractivity contribution in [1.29, 1.82) is 0 Å². The first kappa shape index (κ1) is 18.7. The largest absolute Gasteiger partial charge is 0.497 e. The first-order chi connectivity index (χ1) is 12.4. The standard InChI is InChI=1S/C18H19ClN2O4S/c1-25-15-7-9-16(10-8-15)26(23,24)21-11-3-6-17(21)18(22)20-14-5-2-4-13(19)12-14/h2,4-5,7-10,12,17H,3,6,11H2,1H3,(H,20,22). The molecule has 1 heterocycles. The van der Waals surface area contributed by atoms with Crippen molar-refractivity contribution in [2.24, 2.45) is 0 Å². The Morgan fingerprint density at radius 2 is 1.96 bits per heavy atom. The zero-order chi connectivity index (χ0) is 18.7. The van der Waals surface area contributed by atoms with Gasteiger partial charge in [-0.15, -0.1) is 0 Å². The van der Waals surface area contributed by atoms with E-state index in [2.05, 4.69) is 5.32 Å². The van der Waals surface area contributed by atoms with Gasteiger partial charge < -0.3 is 10.1 Å². The van der Waals surface area contributed by atoms with Gasteiger partial charge in [0.1, 0.15) is 11.8 Å². The van der Waals surface area contributed by atoms with E-state index in [9.17, 15) is 13.2 Å². The third kappa shape index (κ3) is 3.85. The van der Waals surface area contributed by atoms with Crippen LogP contribution in [0.25, 0.3) is 0 Å². The molecular formula is C18H19ClN2O4S. The van der Waals surface area contributed by atoms with Crippen LogP contribution in [-0.4, -0.2) is 38.3 Å². The van der Waals surface area contributed by atoms with E-state index in [1.165, 1.54) is 23.5 Å². The van der Waals surface area contributed by atoms with Gasteiger partial charge in [0, 0.05) is 17.3 Å². The number of anilines is 1. The Labute approximate surface area is 157 Å². The molecule has 6 nitrogen and oxygen atoms in total. The Morgan fingerprint density at radius 3 is 2.62 bits per heavy atom. The molecule has 2 aromatic rings. The van der Waals surface area contributed by atoms with Gasteiger partial charge in [-0.25, -0.2) is 8.42 Å². The lowest BCUT2D eigenvalue weighted by Crippen LogP contribution is -2.43. The average Bonchev–Trinajstić information content (AvgIpc) is 3.12. The van der Waals surface area contributed by atoms with Crippen LogP contribution in [0.5, 0.6) is 5.75 Å². The molecule has 1 fully saturated rings. The summed E-state index contributed by atoms with van der Waals surface area (Å²) in [5, 5.41) is 3.24. The smallest absolute Gasteiger partial charge is 0.243 e. The Bertz CT molecular complexity index is 900. The van der Waals surface area contributed by atoms with Crippen molar-refractivity contribution in [1.82, 2.24) is 4.31 Å². The predicted molar refractivity (Wildman–Crippen MR) is 100.0 cm³/mol. The number of benzene rings is 2. The summed E-state index contributed by atoms with van der Waals surface area (Å²) in [6, 6.07) is 12.1. The van der Waals surface area contributed by atoms with Crippen LogP contribution in [-0.2, 0) is 14.8 Å². The fraction of sp³-hybridized carbons (Fsp3) is 0.278. The number of rotatable bonds is 5. The summed E-state index contributed by atoms with van der Waals surface area (Å²) in [5.41, 5.74) is 0.538. The number of sulfonamides is 1. The lowest BCUT2D eigenvalue weighted by atomic mass is 10.2. The third-order valence-corrected chi connectivity index (χ3v) is 6.42. The number of nitrogens with one attached hydrogen (secondary N) is 1. The van der Waals surface area contributed by atoms with Gasteiger partial charge in [-0.1, -0.05) is 17.7 Å². The van der Waals surface area contributed by atoms with E-state index in [-0.39, 0.29) is 10.8 Å². The highest BCUT2D eigenvalue weighted by Crippen LogP contribution is 2.28. The maximum absolute atomic E-state index is 12.9. The highest BCUT2D eigenvalue weighted by molar-refractivity contribution is 7.89. The fourth-order valence-electron chi connectivity index (χ4n) is 2.96. The van der Waals surface area contributed by atoms with E-state index >= 15 is 0 Å². The fourth-order valence-corrected chi connectivity index (χ4v) is 4.81. The van der Waals surface area contributed by atoms with Crippen LogP contribution in [0.1, 0.15) is 12.8 Å². The molecule has 1 N–H and O–H groups in total. The van der Waals surface area contributed by atoms with Gasteiger partial charge in [0.05, 0.1) is 12.0 Å². The number of hydrogen-bond acceptors (Lipinski definition) is 4. The molecule has 1 atom stereocenters. The van der Waals surface area contributed by atoms with Gasteiger partial charge in [-0.05, 0) is 55.3 Å². The van der Waals surface area contributed by atoms with Crippen LogP contribution in [0.2, 0.25) is 5.02 Å². The average molecular weight is 395 g/mol. The van der Waals surface area contributed by atoms with E-state index in [0.717, 1.165) is 0 Å². The van der Waals surface area contributed by atoms with Crippen molar-refractivity contribution in [2.45, 2.75) is 23.8 Å². The minimum atomic E-state index is -3.77. The van der Waals surface area contributed by atoms with E-state index < -0.39 is 16.1 Å². The molecule has 1 unspecified atom stereocenters. The molecule has 0 aliphatic carbocycles. The number of nitrogens with zero attached hydrogens (tertiary/aromatic N) is 1. The molecular weight excluding hydrogens is 376 g/mol. The lowest BCUT2D eigenvalue weighted by Gasteiger charge is -2.23. The molecule has 3 rings (SSSR count). The van der Waals surface area contributed by atoms with Crippen molar-refractivity contribution in [3.63, 3.8) is 0 Å². The topological polar surface area (TPSA) is 75.7 Å². The minimum absolute atomic E-state index is 0.140. The normalized spacial score (nSPS) is 17.8. The van der Waals surface area contributed by atoms with Crippen molar-refractivity contribution in [3.8, 4) is 5.75 Å². The number of amides is 1. The van der Waals surface area contributed by atoms with Crippen molar-refractivity contribution in [3.05, 3.63) is 53.6 Å². The molecule has 0 bridgehead atoms. The van der Waals surface area contributed by atoms with E-state index in [4.69, 9.17) is 16.3 Å². The summed E-state index contributed by atoms with van der Waals surface area (Å²) >= 11 is 5.93. The monoisotopic (exact) mass is 394 g/mol. The Hall–Kier alpha value is -2.09. The Morgan fingerprint density at radius 1 is 1.23 bits per heavy atom. The van der Waals surface area contributed by atoms with Crippen molar-refractivity contribution in [2.75, 3.05) is 19.0 Å². The van der Waals surface area contributed by atoms with Crippen LogP contribution < -0.4 is 10.1 Å². The van der Waals surface area contributed by atoms with E-state index in [0.29, 0.717) is 35.8 Å². The number of ether oxygens (including phenoxy) is 1. The molecule has 0 saturated carbocycles. The minimum Gasteiger partial charge on any atom is -0.497 e. The lowest BCUT2D eigenvalue weighted by molar-refractivity contribution is -0.119. The Balaban J connectivity index is 1.81. The van der Waals surface area contributed by atoms with Crippen LogP contribution in [0.4, 0.5) is 5.69 Å². The number of methoxy groups -OCH3 is 1. The van der Waals surface area contributed by atoms with E-state index in [1.54, 1.807) is 36.4 Å². The quantitative estimate of drug-likeness (QED) is 0.845. The first-order valence-electron chi connectivity index (χ1n) is 8.14. The second-order valence-corrected chi connectivity index (χ2v) is 8.28. The summed E-state index contributed by atoms with van der Waals surface area (Å²) in [5.74, 6) is 0.211. The summed E-state index contributed by atoms with van der Waals surface area (Å²) in [7, 11) is -2.25. The van der Waals surface area contributed by atoms with Crippen LogP contribution >= 0.6 is 11.6 Å².